The molecule has 1 aromatic rings. The van der Waals surface area contributed by atoms with Crippen LogP contribution in [0.5, 0.6) is 0 Å². The number of hydrogen-bond donors (Lipinski definition) is 1. The van der Waals surface area contributed by atoms with Gasteiger partial charge in [0.1, 0.15) is 5.82 Å². The summed E-state index contributed by atoms with van der Waals surface area (Å²) in [4.78, 5) is 6.74. The van der Waals surface area contributed by atoms with Gasteiger partial charge in [0.15, 0.2) is 0 Å². The van der Waals surface area contributed by atoms with Crippen LogP contribution >= 0.6 is 0 Å². The van der Waals surface area contributed by atoms with Crippen LogP contribution in [0.1, 0.15) is 31.7 Å². The molecule has 1 N–H and O–H groups in total. The van der Waals surface area contributed by atoms with Crippen molar-refractivity contribution < 1.29 is 0 Å². The Balaban J connectivity index is 1.85. The van der Waals surface area contributed by atoms with Crippen molar-refractivity contribution in [2.75, 3.05) is 25.5 Å². The van der Waals surface area contributed by atoms with Crippen molar-refractivity contribution in [2.45, 2.75) is 32.7 Å². The monoisotopic (exact) mass is 233 g/mol. The Hall–Kier alpha value is -1.09. The molecule has 0 amide bonds. The van der Waals surface area contributed by atoms with Crippen LogP contribution in [0.4, 0.5) is 5.82 Å². The highest BCUT2D eigenvalue weighted by Gasteiger charge is 2.22. The molecule has 0 aromatic carbocycles. The van der Waals surface area contributed by atoms with E-state index in [2.05, 4.69) is 41.3 Å². The number of nitrogens with one attached hydrogen (secondary N) is 1. The summed E-state index contributed by atoms with van der Waals surface area (Å²) < 4.78 is 0. The molecule has 17 heavy (non-hydrogen) atoms. The van der Waals surface area contributed by atoms with Gasteiger partial charge in [-0.3, -0.25) is 0 Å². The van der Waals surface area contributed by atoms with Crippen molar-refractivity contribution >= 4 is 5.82 Å². The predicted octanol–water partition coefficient (Wildman–Crippen LogP) is 2.75. The molecule has 1 aliphatic carbocycles. The quantitative estimate of drug-likeness (QED) is 0.785. The molecule has 3 nitrogen and oxygen atoms in total. The third-order valence-electron chi connectivity index (χ3n) is 3.10. The second kappa shape index (κ2) is 6.01. The number of hydrogen-bond acceptors (Lipinski definition) is 3. The Morgan fingerprint density at radius 3 is 3.00 bits per heavy atom. The number of nitrogens with zero attached hydrogens (tertiary/aromatic N) is 2. The minimum atomic E-state index is 0.958. The zero-order valence-electron chi connectivity index (χ0n) is 10.9. The topological polar surface area (TPSA) is 28.2 Å². The van der Waals surface area contributed by atoms with Crippen LogP contribution in [0, 0.1) is 5.92 Å². The first kappa shape index (κ1) is 12.4. The summed E-state index contributed by atoms with van der Waals surface area (Å²) in [5.41, 5.74) is 1.35. The van der Waals surface area contributed by atoms with Gasteiger partial charge in [-0.25, -0.2) is 4.98 Å². The molecule has 1 aliphatic rings. The van der Waals surface area contributed by atoms with Crippen LogP contribution in [0.25, 0.3) is 0 Å². The lowest BCUT2D eigenvalue weighted by Gasteiger charge is -2.16. The number of anilines is 1. The van der Waals surface area contributed by atoms with Crippen LogP contribution in [0.15, 0.2) is 18.3 Å². The smallest absolute Gasteiger partial charge is 0.126 e. The first-order valence-electron chi connectivity index (χ1n) is 6.65. The van der Waals surface area contributed by atoms with E-state index < -0.39 is 0 Å². The Morgan fingerprint density at radius 1 is 1.47 bits per heavy atom. The zero-order valence-corrected chi connectivity index (χ0v) is 10.9. The average molecular weight is 233 g/mol. The fourth-order valence-corrected chi connectivity index (χ4v) is 2.04. The summed E-state index contributed by atoms with van der Waals surface area (Å²) in [5.74, 6) is 1.96. The third-order valence-corrected chi connectivity index (χ3v) is 3.10. The molecule has 1 fully saturated rings. The van der Waals surface area contributed by atoms with Crippen molar-refractivity contribution in [3.05, 3.63) is 23.9 Å². The van der Waals surface area contributed by atoms with Gasteiger partial charge in [-0.2, -0.15) is 0 Å². The fourth-order valence-electron chi connectivity index (χ4n) is 2.04. The second-order valence-electron chi connectivity index (χ2n) is 5.12. The average Bonchev–Trinajstić information content (AvgIpc) is 3.10. The van der Waals surface area contributed by atoms with E-state index in [1.165, 1.54) is 24.9 Å². The highest BCUT2D eigenvalue weighted by molar-refractivity contribution is 5.37. The SMILES string of the molecule is CCCNc1cc(CN(C)CC2CC2)ccn1. The molecule has 1 saturated carbocycles. The summed E-state index contributed by atoms with van der Waals surface area (Å²) >= 11 is 0. The zero-order chi connectivity index (χ0) is 12.1. The molecule has 0 spiro atoms. The lowest BCUT2D eigenvalue weighted by atomic mass is 10.2. The Bertz CT molecular complexity index is 347. The van der Waals surface area contributed by atoms with Gasteiger partial charge in [0.05, 0.1) is 0 Å². The van der Waals surface area contributed by atoms with Gasteiger partial charge in [-0.1, -0.05) is 6.92 Å². The third kappa shape index (κ3) is 4.35. The van der Waals surface area contributed by atoms with Crippen molar-refractivity contribution in [2.24, 2.45) is 5.92 Å². The van der Waals surface area contributed by atoms with E-state index in [4.69, 9.17) is 0 Å². The normalized spacial score (nSPS) is 15.2. The van der Waals surface area contributed by atoms with Crippen molar-refractivity contribution in [1.82, 2.24) is 9.88 Å². The maximum atomic E-state index is 4.33. The molecule has 2 rings (SSSR count). The maximum Gasteiger partial charge on any atom is 0.126 e. The van der Waals surface area contributed by atoms with Gasteiger partial charge < -0.3 is 10.2 Å². The minimum absolute atomic E-state index is 0.958. The molecule has 94 valence electrons. The predicted molar refractivity (Wildman–Crippen MR) is 72.1 cm³/mol. The second-order valence-corrected chi connectivity index (χ2v) is 5.12. The van der Waals surface area contributed by atoms with Gasteiger partial charge in [0, 0.05) is 25.8 Å². The minimum Gasteiger partial charge on any atom is -0.370 e. The van der Waals surface area contributed by atoms with E-state index in [0.29, 0.717) is 0 Å². The highest BCUT2D eigenvalue weighted by atomic mass is 15.1. The number of rotatable bonds is 7. The van der Waals surface area contributed by atoms with E-state index in [1.54, 1.807) is 0 Å². The lowest BCUT2D eigenvalue weighted by molar-refractivity contribution is 0.313. The van der Waals surface area contributed by atoms with Crippen molar-refractivity contribution in [1.29, 1.82) is 0 Å². The number of pyridine rings is 1. The van der Waals surface area contributed by atoms with E-state index in [-0.39, 0.29) is 0 Å². The molecule has 0 bridgehead atoms. The lowest BCUT2D eigenvalue weighted by Crippen LogP contribution is -2.20. The maximum absolute atomic E-state index is 4.33. The summed E-state index contributed by atoms with van der Waals surface area (Å²) in [7, 11) is 2.21. The number of aromatic nitrogens is 1. The molecule has 0 radical (unpaired) electrons. The van der Waals surface area contributed by atoms with E-state index >= 15 is 0 Å². The van der Waals surface area contributed by atoms with E-state index in [0.717, 1.165) is 31.2 Å². The molecule has 3 heteroatoms. The first-order chi connectivity index (χ1) is 8.28. The fraction of sp³-hybridized carbons (Fsp3) is 0.643. The van der Waals surface area contributed by atoms with Crippen LogP contribution < -0.4 is 5.32 Å². The van der Waals surface area contributed by atoms with Crippen LogP contribution in [0.2, 0.25) is 0 Å². The largest absolute Gasteiger partial charge is 0.370 e. The highest BCUT2D eigenvalue weighted by Crippen LogP contribution is 2.29. The van der Waals surface area contributed by atoms with Gasteiger partial charge in [0.2, 0.25) is 0 Å². The van der Waals surface area contributed by atoms with Crippen molar-refractivity contribution in [3.63, 3.8) is 0 Å². The summed E-state index contributed by atoms with van der Waals surface area (Å²) in [6.07, 6.45) is 5.87. The van der Waals surface area contributed by atoms with Gasteiger partial charge in [-0.05, 0) is 49.9 Å². The molecule has 0 unspecified atom stereocenters. The molecule has 0 atom stereocenters. The summed E-state index contributed by atoms with van der Waals surface area (Å²) in [5, 5.41) is 3.33. The summed E-state index contributed by atoms with van der Waals surface area (Å²) in [6, 6.07) is 4.28. The molecular formula is C14H23N3. The van der Waals surface area contributed by atoms with Gasteiger partial charge >= 0.3 is 0 Å². The van der Waals surface area contributed by atoms with E-state index in [1.807, 2.05) is 6.20 Å². The summed E-state index contributed by atoms with van der Waals surface area (Å²) in [6.45, 7) is 5.43. The van der Waals surface area contributed by atoms with Crippen LogP contribution in [-0.2, 0) is 6.54 Å². The van der Waals surface area contributed by atoms with Gasteiger partial charge in [-0.15, -0.1) is 0 Å². The first-order valence-corrected chi connectivity index (χ1v) is 6.65. The van der Waals surface area contributed by atoms with Crippen LogP contribution in [0.3, 0.4) is 0 Å². The molecule has 1 heterocycles. The molecule has 0 aliphatic heterocycles. The standard InChI is InChI=1S/C14H23N3/c1-3-7-15-14-9-13(6-8-16-14)11-17(2)10-12-4-5-12/h6,8-9,12H,3-5,7,10-11H2,1-2H3,(H,15,16). The Morgan fingerprint density at radius 2 is 2.29 bits per heavy atom. The van der Waals surface area contributed by atoms with Crippen LogP contribution in [-0.4, -0.2) is 30.0 Å². The molecule has 0 saturated heterocycles. The van der Waals surface area contributed by atoms with Crippen molar-refractivity contribution in [3.8, 4) is 0 Å². The van der Waals surface area contributed by atoms with E-state index in [9.17, 15) is 0 Å². The molecule has 1 aromatic heterocycles. The Kier molecular flexibility index (Phi) is 4.37. The van der Waals surface area contributed by atoms with Gasteiger partial charge in [0.25, 0.3) is 0 Å². The molecular weight excluding hydrogens is 210 g/mol. The Labute approximate surface area is 104 Å².